The van der Waals surface area contributed by atoms with E-state index in [4.69, 9.17) is 5.73 Å². The summed E-state index contributed by atoms with van der Waals surface area (Å²) in [5.41, 5.74) is 6.55. The molecular formula is C13H15N3O2S. The highest BCUT2D eigenvalue weighted by atomic mass is 32.2. The zero-order valence-corrected chi connectivity index (χ0v) is 11.2. The van der Waals surface area contributed by atoms with Crippen LogP contribution in [0.25, 0.3) is 10.9 Å². The van der Waals surface area contributed by atoms with E-state index in [1.165, 1.54) is 4.31 Å². The van der Waals surface area contributed by atoms with E-state index in [9.17, 15) is 8.42 Å². The smallest absolute Gasteiger partial charge is 0.245 e. The Kier molecular flexibility index (Phi) is 3.00. The molecule has 2 heterocycles. The fourth-order valence-electron chi connectivity index (χ4n) is 2.49. The van der Waals surface area contributed by atoms with Crippen LogP contribution in [0, 0.1) is 0 Å². The standard InChI is InChI=1S/C13H15N3O2S/c14-13-7-3-9-16(13)19(17,18)12-6-1-5-11-10(12)4-2-8-15-11/h1-2,4-6,8,13H,3,7,9,14H2. The molecule has 2 aromatic rings. The highest BCUT2D eigenvalue weighted by Gasteiger charge is 2.33. The van der Waals surface area contributed by atoms with Gasteiger partial charge in [0.05, 0.1) is 16.6 Å². The molecule has 0 aliphatic carbocycles. The second kappa shape index (κ2) is 4.56. The van der Waals surface area contributed by atoms with E-state index in [-0.39, 0.29) is 4.90 Å². The number of nitrogens with zero attached hydrogens (tertiary/aromatic N) is 2. The average Bonchev–Trinajstić information content (AvgIpc) is 2.85. The lowest BCUT2D eigenvalue weighted by atomic mass is 10.2. The summed E-state index contributed by atoms with van der Waals surface area (Å²) in [5, 5.41) is 0.643. The Balaban J connectivity index is 2.19. The van der Waals surface area contributed by atoms with E-state index in [0.29, 0.717) is 23.9 Å². The summed E-state index contributed by atoms with van der Waals surface area (Å²) in [6.45, 7) is 0.486. The van der Waals surface area contributed by atoms with Crippen LogP contribution in [0.4, 0.5) is 0 Å². The highest BCUT2D eigenvalue weighted by molar-refractivity contribution is 7.89. The molecule has 2 N–H and O–H groups in total. The maximum atomic E-state index is 12.7. The van der Waals surface area contributed by atoms with Crippen molar-refractivity contribution in [1.82, 2.24) is 9.29 Å². The molecule has 0 amide bonds. The topological polar surface area (TPSA) is 76.3 Å². The number of fused-ring (bicyclic) bond motifs is 1. The molecule has 1 aromatic carbocycles. The van der Waals surface area contributed by atoms with Crippen molar-refractivity contribution < 1.29 is 8.42 Å². The van der Waals surface area contributed by atoms with Gasteiger partial charge in [-0.15, -0.1) is 0 Å². The van der Waals surface area contributed by atoms with Crippen molar-refractivity contribution in [3.05, 3.63) is 36.5 Å². The zero-order valence-electron chi connectivity index (χ0n) is 10.4. The maximum Gasteiger partial charge on any atom is 0.245 e. The zero-order chi connectivity index (χ0) is 13.5. The molecule has 5 nitrogen and oxygen atoms in total. The van der Waals surface area contributed by atoms with Gasteiger partial charge in [-0.05, 0) is 37.1 Å². The number of sulfonamides is 1. The van der Waals surface area contributed by atoms with Gasteiger partial charge in [0.25, 0.3) is 0 Å². The van der Waals surface area contributed by atoms with Gasteiger partial charge in [0.2, 0.25) is 10.0 Å². The molecule has 0 radical (unpaired) electrons. The van der Waals surface area contributed by atoms with E-state index in [2.05, 4.69) is 4.98 Å². The van der Waals surface area contributed by atoms with Crippen molar-refractivity contribution in [3.63, 3.8) is 0 Å². The van der Waals surface area contributed by atoms with Crippen LogP contribution in [0.15, 0.2) is 41.4 Å². The second-order valence-electron chi connectivity index (χ2n) is 4.65. The van der Waals surface area contributed by atoms with Gasteiger partial charge in [-0.1, -0.05) is 6.07 Å². The van der Waals surface area contributed by atoms with E-state index < -0.39 is 16.2 Å². The Hall–Kier alpha value is -1.50. The molecule has 0 bridgehead atoms. The number of pyridine rings is 1. The Bertz CT molecular complexity index is 709. The Morgan fingerprint density at radius 3 is 2.84 bits per heavy atom. The third kappa shape index (κ3) is 2.01. The summed E-state index contributed by atoms with van der Waals surface area (Å²) in [7, 11) is -3.55. The molecule has 100 valence electrons. The van der Waals surface area contributed by atoms with Crippen LogP contribution in [-0.2, 0) is 10.0 Å². The summed E-state index contributed by atoms with van der Waals surface area (Å²) in [6.07, 6.45) is 2.75. The number of benzene rings is 1. The van der Waals surface area contributed by atoms with Crippen molar-refractivity contribution in [3.8, 4) is 0 Å². The largest absolute Gasteiger partial charge is 0.315 e. The molecule has 1 aliphatic heterocycles. The second-order valence-corrected chi connectivity index (χ2v) is 6.51. The van der Waals surface area contributed by atoms with E-state index in [0.717, 1.165) is 6.42 Å². The average molecular weight is 277 g/mol. The van der Waals surface area contributed by atoms with Gasteiger partial charge < -0.3 is 5.73 Å². The maximum absolute atomic E-state index is 12.7. The van der Waals surface area contributed by atoms with Gasteiger partial charge >= 0.3 is 0 Å². The first kappa shape index (κ1) is 12.5. The minimum atomic E-state index is -3.55. The molecule has 1 aromatic heterocycles. The van der Waals surface area contributed by atoms with Gasteiger partial charge in [0.1, 0.15) is 0 Å². The number of hydrogen-bond donors (Lipinski definition) is 1. The Morgan fingerprint density at radius 2 is 2.11 bits per heavy atom. The minimum absolute atomic E-state index is 0.287. The van der Waals surface area contributed by atoms with Gasteiger partial charge in [0, 0.05) is 18.1 Å². The third-order valence-corrected chi connectivity index (χ3v) is 5.42. The van der Waals surface area contributed by atoms with Crippen molar-refractivity contribution >= 4 is 20.9 Å². The van der Waals surface area contributed by atoms with E-state index in [1.807, 2.05) is 0 Å². The molecule has 1 atom stereocenters. The molecule has 1 unspecified atom stereocenters. The SMILES string of the molecule is NC1CCCN1S(=O)(=O)c1cccc2ncccc12. The molecule has 0 spiro atoms. The van der Waals surface area contributed by atoms with Crippen molar-refractivity contribution in [2.75, 3.05) is 6.54 Å². The van der Waals surface area contributed by atoms with Gasteiger partial charge in [-0.2, -0.15) is 4.31 Å². The summed E-state index contributed by atoms with van der Waals surface area (Å²) in [6, 6.07) is 8.65. The highest BCUT2D eigenvalue weighted by Crippen LogP contribution is 2.28. The van der Waals surface area contributed by atoms with Crippen LogP contribution >= 0.6 is 0 Å². The molecule has 0 saturated carbocycles. The summed E-state index contributed by atoms with van der Waals surface area (Å²) in [5.74, 6) is 0. The summed E-state index contributed by atoms with van der Waals surface area (Å²) < 4.78 is 26.7. The van der Waals surface area contributed by atoms with Crippen LogP contribution in [-0.4, -0.2) is 30.4 Å². The van der Waals surface area contributed by atoms with Crippen molar-refractivity contribution in [2.24, 2.45) is 5.73 Å². The van der Waals surface area contributed by atoms with Gasteiger partial charge in [-0.25, -0.2) is 8.42 Å². The lowest BCUT2D eigenvalue weighted by molar-refractivity contribution is 0.396. The normalized spacial score (nSPS) is 21.0. The Labute approximate surface area is 112 Å². The van der Waals surface area contributed by atoms with E-state index >= 15 is 0 Å². The Morgan fingerprint density at radius 1 is 1.26 bits per heavy atom. The first-order chi connectivity index (χ1) is 9.10. The lowest BCUT2D eigenvalue weighted by Gasteiger charge is -2.21. The number of rotatable bonds is 2. The monoisotopic (exact) mass is 277 g/mol. The first-order valence-corrected chi connectivity index (χ1v) is 7.66. The predicted molar refractivity (Wildman–Crippen MR) is 72.8 cm³/mol. The molecule has 1 saturated heterocycles. The third-order valence-electron chi connectivity index (χ3n) is 3.44. The molecular weight excluding hydrogens is 262 g/mol. The molecule has 19 heavy (non-hydrogen) atoms. The van der Waals surface area contributed by atoms with Crippen molar-refractivity contribution in [2.45, 2.75) is 23.9 Å². The van der Waals surface area contributed by atoms with Crippen LogP contribution in [0.5, 0.6) is 0 Å². The minimum Gasteiger partial charge on any atom is -0.315 e. The first-order valence-electron chi connectivity index (χ1n) is 6.22. The molecule has 6 heteroatoms. The number of aromatic nitrogens is 1. The lowest BCUT2D eigenvalue weighted by Crippen LogP contribution is -2.40. The number of hydrogen-bond acceptors (Lipinski definition) is 4. The van der Waals surface area contributed by atoms with E-state index in [1.54, 1.807) is 36.5 Å². The fourth-order valence-corrected chi connectivity index (χ4v) is 4.28. The van der Waals surface area contributed by atoms with Crippen LogP contribution in [0.1, 0.15) is 12.8 Å². The van der Waals surface area contributed by atoms with Crippen LogP contribution < -0.4 is 5.73 Å². The molecule has 1 fully saturated rings. The molecule has 1 aliphatic rings. The van der Waals surface area contributed by atoms with Crippen LogP contribution in [0.3, 0.4) is 0 Å². The molecule has 3 rings (SSSR count). The van der Waals surface area contributed by atoms with Crippen LogP contribution in [0.2, 0.25) is 0 Å². The fraction of sp³-hybridized carbons (Fsp3) is 0.308. The van der Waals surface area contributed by atoms with Crippen molar-refractivity contribution in [1.29, 1.82) is 0 Å². The van der Waals surface area contributed by atoms with Gasteiger partial charge in [0.15, 0.2) is 0 Å². The predicted octanol–water partition coefficient (Wildman–Crippen LogP) is 1.30. The van der Waals surface area contributed by atoms with Gasteiger partial charge in [-0.3, -0.25) is 4.98 Å². The summed E-state index contributed by atoms with van der Waals surface area (Å²) in [4.78, 5) is 4.47. The quantitative estimate of drug-likeness (QED) is 0.897. The number of nitrogens with two attached hydrogens (primary N) is 1. The summed E-state index contributed by atoms with van der Waals surface area (Å²) >= 11 is 0.